The standard InChI is InChI=1S/C25H33NO5/c1-28-22-10-8-16(12-23(22)29-2)20-14-30-25-18(24(20)27)9-11-21-19(25)13-26(15-31-21)17-6-4-3-5-7-17/h8,10,12,14,17-19,21,25H,3-7,9,11,13,15H2,1-2H3. The van der Waals surface area contributed by atoms with Crippen LogP contribution in [0.25, 0.3) is 5.57 Å². The van der Waals surface area contributed by atoms with Gasteiger partial charge in [-0.15, -0.1) is 0 Å². The van der Waals surface area contributed by atoms with Crippen LogP contribution in [0.2, 0.25) is 0 Å². The number of rotatable bonds is 4. The van der Waals surface area contributed by atoms with Crippen molar-refractivity contribution in [1.29, 1.82) is 0 Å². The number of Topliss-reactive ketones (excluding diaryl/α,β-unsaturated/α-hetero) is 1. The van der Waals surface area contributed by atoms with E-state index in [0.29, 0.717) is 23.1 Å². The molecule has 3 fully saturated rings. The first-order valence-electron chi connectivity index (χ1n) is 11.7. The summed E-state index contributed by atoms with van der Waals surface area (Å²) in [6, 6.07) is 6.20. The number of hydrogen-bond acceptors (Lipinski definition) is 6. The lowest BCUT2D eigenvalue weighted by Crippen LogP contribution is -2.58. The highest BCUT2D eigenvalue weighted by Crippen LogP contribution is 2.43. The molecule has 31 heavy (non-hydrogen) atoms. The molecule has 6 heteroatoms. The van der Waals surface area contributed by atoms with E-state index in [1.54, 1.807) is 20.5 Å². The number of fused-ring (bicyclic) bond motifs is 3. The van der Waals surface area contributed by atoms with E-state index >= 15 is 0 Å². The predicted molar refractivity (Wildman–Crippen MR) is 117 cm³/mol. The molecule has 0 spiro atoms. The molecule has 1 aromatic carbocycles. The molecule has 4 aliphatic rings. The first kappa shape index (κ1) is 20.8. The van der Waals surface area contributed by atoms with Crippen molar-refractivity contribution in [2.75, 3.05) is 27.5 Å². The van der Waals surface area contributed by atoms with E-state index in [2.05, 4.69) is 4.90 Å². The number of ketones is 1. The SMILES string of the molecule is COc1ccc(C2=COC3C(CCC4OCN(C5CCCCC5)CC43)C2=O)cc1OC. The largest absolute Gasteiger partial charge is 0.496 e. The maximum atomic E-state index is 13.5. The normalized spacial score (nSPS) is 31.8. The van der Waals surface area contributed by atoms with Gasteiger partial charge >= 0.3 is 0 Å². The Morgan fingerprint density at radius 2 is 1.81 bits per heavy atom. The van der Waals surface area contributed by atoms with E-state index in [9.17, 15) is 4.79 Å². The number of benzene rings is 1. The molecule has 2 aliphatic heterocycles. The second-order valence-electron chi connectivity index (χ2n) is 9.31. The number of nitrogens with zero attached hydrogens (tertiary/aromatic N) is 1. The lowest BCUT2D eigenvalue weighted by atomic mass is 9.71. The van der Waals surface area contributed by atoms with Crippen LogP contribution in [0.3, 0.4) is 0 Å². The average Bonchev–Trinajstić information content (AvgIpc) is 2.84. The summed E-state index contributed by atoms with van der Waals surface area (Å²) in [6.07, 6.45) is 10.0. The molecule has 0 aromatic heterocycles. The highest BCUT2D eigenvalue weighted by molar-refractivity contribution is 6.22. The van der Waals surface area contributed by atoms with Crippen molar-refractivity contribution >= 4 is 11.4 Å². The van der Waals surface area contributed by atoms with Gasteiger partial charge in [-0.3, -0.25) is 9.69 Å². The number of methoxy groups -OCH3 is 2. The van der Waals surface area contributed by atoms with Gasteiger partial charge in [0, 0.05) is 18.5 Å². The zero-order valence-electron chi connectivity index (χ0n) is 18.5. The van der Waals surface area contributed by atoms with Crippen molar-refractivity contribution in [2.24, 2.45) is 11.8 Å². The van der Waals surface area contributed by atoms with Crippen LogP contribution in [0.5, 0.6) is 11.5 Å². The second kappa shape index (κ2) is 8.83. The van der Waals surface area contributed by atoms with Crippen LogP contribution < -0.4 is 9.47 Å². The number of hydrogen-bond donors (Lipinski definition) is 0. The van der Waals surface area contributed by atoms with Crippen LogP contribution in [-0.4, -0.2) is 56.4 Å². The topological polar surface area (TPSA) is 57.2 Å². The van der Waals surface area contributed by atoms with E-state index in [0.717, 1.165) is 31.7 Å². The fourth-order valence-corrected chi connectivity index (χ4v) is 5.97. The zero-order valence-corrected chi connectivity index (χ0v) is 18.5. The third-order valence-electron chi connectivity index (χ3n) is 7.69. The zero-order chi connectivity index (χ0) is 21.4. The first-order chi connectivity index (χ1) is 15.2. The molecule has 0 amide bonds. The van der Waals surface area contributed by atoms with Gasteiger partial charge in [0.15, 0.2) is 17.3 Å². The molecular formula is C25H33NO5. The fourth-order valence-electron chi connectivity index (χ4n) is 5.97. The molecule has 0 N–H and O–H groups in total. The Morgan fingerprint density at radius 1 is 1.00 bits per heavy atom. The van der Waals surface area contributed by atoms with Gasteiger partial charge in [0.05, 0.1) is 44.8 Å². The number of allylic oxidation sites excluding steroid dienone is 1. The molecule has 1 saturated heterocycles. The molecular weight excluding hydrogens is 394 g/mol. The Balaban J connectivity index is 1.36. The quantitative estimate of drug-likeness (QED) is 0.723. The van der Waals surface area contributed by atoms with Crippen molar-refractivity contribution < 1.29 is 23.7 Å². The highest BCUT2D eigenvalue weighted by atomic mass is 16.5. The number of ether oxygens (including phenoxy) is 4. The summed E-state index contributed by atoms with van der Waals surface area (Å²) < 4.78 is 23.3. The van der Waals surface area contributed by atoms with Crippen molar-refractivity contribution in [1.82, 2.24) is 4.90 Å². The first-order valence-corrected chi connectivity index (χ1v) is 11.7. The maximum absolute atomic E-state index is 13.5. The summed E-state index contributed by atoms with van der Waals surface area (Å²) in [5.74, 6) is 1.59. The smallest absolute Gasteiger partial charge is 0.173 e. The van der Waals surface area contributed by atoms with E-state index < -0.39 is 0 Å². The highest BCUT2D eigenvalue weighted by Gasteiger charge is 2.49. The van der Waals surface area contributed by atoms with Crippen molar-refractivity contribution in [3.05, 3.63) is 30.0 Å². The summed E-state index contributed by atoms with van der Waals surface area (Å²) in [5, 5.41) is 0. The Morgan fingerprint density at radius 3 is 2.58 bits per heavy atom. The van der Waals surface area contributed by atoms with Crippen molar-refractivity contribution in [3.63, 3.8) is 0 Å². The van der Waals surface area contributed by atoms with Gasteiger partial charge in [-0.25, -0.2) is 0 Å². The molecule has 168 valence electrons. The lowest BCUT2D eigenvalue weighted by molar-refractivity contribution is -0.178. The second-order valence-corrected chi connectivity index (χ2v) is 9.31. The Kier molecular flexibility index (Phi) is 5.93. The van der Waals surface area contributed by atoms with Crippen molar-refractivity contribution in [3.8, 4) is 11.5 Å². The molecule has 2 saturated carbocycles. The Labute approximate surface area is 184 Å². The summed E-state index contributed by atoms with van der Waals surface area (Å²) in [6.45, 7) is 1.70. The molecule has 6 nitrogen and oxygen atoms in total. The number of carbonyl (C=O) groups is 1. The van der Waals surface area contributed by atoms with E-state index in [1.807, 2.05) is 18.2 Å². The minimum absolute atomic E-state index is 0.0958. The molecule has 4 atom stereocenters. The molecule has 0 bridgehead atoms. The van der Waals surface area contributed by atoms with Crippen LogP contribution in [0.4, 0.5) is 0 Å². The number of carbonyl (C=O) groups excluding carboxylic acids is 1. The summed E-state index contributed by atoms with van der Waals surface area (Å²) in [4.78, 5) is 16.0. The Hall–Kier alpha value is -2.05. The molecule has 4 unspecified atom stereocenters. The molecule has 0 radical (unpaired) electrons. The fraction of sp³-hybridized carbons (Fsp3) is 0.640. The van der Waals surface area contributed by atoms with Gasteiger partial charge in [-0.1, -0.05) is 25.3 Å². The van der Waals surface area contributed by atoms with Crippen molar-refractivity contribution in [2.45, 2.75) is 63.2 Å². The van der Waals surface area contributed by atoms with Gasteiger partial charge < -0.3 is 18.9 Å². The van der Waals surface area contributed by atoms with Gasteiger partial charge in [0.1, 0.15) is 6.10 Å². The van der Waals surface area contributed by atoms with Crippen LogP contribution in [-0.2, 0) is 14.3 Å². The maximum Gasteiger partial charge on any atom is 0.173 e. The molecule has 2 aliphatic carbocycles. The minimum Gasteiger partial charge on any atom is -0.496 e. The van der Waals surface area contributed by atoms with Gasteiger partial charge in [0.2, 0.25) is 0 Å². The minimum atomic E-state index is -0.107. The van der Waals surface area contributed by atoms with Gasteiger partial charge in [-0.2, -0.15) is 0 Å². The molecule has 1 aromatic rings. The monoisotopic (exact) mass is 427 g/mol. The van der Waals surface area contributed by atoms with Crippen LogP contribution in [0.1, 0.15) is 50.5 Å². The van der Waals surface area contributed by atoms with E-state index in [-0.39, 0.29) is 29.8 Å². The summed E-state index contributed by atoms with van der Waals surface area (Å²) >= 11 is 0. The summed E-state index contributed by atoms with van der Waals surface area (Å²) in [7, 11) is 3.21. The van der Waals surface area contributed by atoms with E-state index in [1.165, 1.54) is 32.1 Å². The molecule has 5 rings (SSSR count). The van der Waals surface area contributed by atoms with Crippen LogP contribution in [0.15, 0.2) is 24.5 Å². The van der Waals surface area contributed by atoms with Gasteiger partial charge in [-0.05, 0) is 43.4 Å². The summed E-state index contributed by atoms with van der Waals surface area (Å²) in [5.41, 5.74) is 1.44. The average molecular weight is 428 g/mol. The lowest BCUT2D eigenvalue weighted by Gasteiger charge is -2.50. The van der Waals surface area contributed by atoms with Crippen LogP contribution in [0, 0.1) is 11.8 Å². The van der Waals surface area contributed by atoms with E-state index in [4.69, 9.17) is 18.9 Å². The third-order valence-corrected chi connectivity index (χ3v) is 7.69. The van der Waals surface area contributed by atoms with Gasteiger partial charge in [0.25, 0.3) is 0 Å². The molecule has 2 heterocycles. The Bertz CT molecular complexity index is 846. The predicted octanol–water partition coefficient (Wildman–Crippen LogP) is 4.03. The third kappa shape index (κ3) is 3.85. The van der Waals surface area contributed by atoms with Crippen LogP contribution >= 0.6 is 0 Å².